The van der Waals surface area contributed by atoms with Crippen molar-refractivity contribution in [1.29, 1.82) is 0 Å². The van der Waals surface area contributed by atoms with Crippen molar-refractivity contribution < 1.29 is 36.7 Å². The number of likely N-dealkylation sites (N-methyl/N-ethyl adjacent to an activating group) is 2. The van der Waals surface area contributed by atoms with E-state index in [0.717, 1.165) is 0 Å². The minimum absolute atomic E-state index is 0.00992. The maximum atomic E-state index is 15.5. The number of aromatic amines is 1. The van der Waals surface area contributed by atoms with Crippen LogP contribution in [0.2, 0.25) is 0 Å². The van der Waals surface area contributed by atoms with Crippen molar-refractivity contribution in [2.45, 2.75) is 129 Å². The number of fused-ring (bicyclic) bond motifs is 2. The van der Waals surface area contributed by atoms with E-state index in [1.165, 1.54) is 34.1 Å². The van der Waals surface area contributed by atoms with E-state index in [1.807, 2.05) is 27.7 Å². The molecule has 0 saturated carbocycles. The maximum Gasteiger partial charge on any atom is 0.246 e. The van der Waals surface area contributed by atoms with Crippen molar-refractivity contribution in [3.8, 4) is 11.5 Å². The van der Waals surface area contributed by atoms with Gasteiger partial charge in [-0.05, 0) is 82.1 Å². The number of likely N-dealkylation sites (tertiary alicyclic amines) is 2. The smallest absolute Gasteiger partial charge is 0.246 e. The first-order chi connectivity index (χ1) is 28.8. The molecule has 2 aromatic heterocycles. The molecule has 4 aromatic rings. The second-order valence-electron chi connectivity index (χ2n) is 17.7. The van der Waals surface area contributed by atoms with E-state index in [1.54, 1.807) is 44.6 Å². The molecule has 0 aliphatic carbocycles. The minimum Gasteiger partial charge on any atom is -0.352 e. The monoisotopic (exact) mass is 853 g/mol. The van der Waals surface area contributed by atoms with Crippen molar-refractivity contribution in [1.82, 2.24) is 45.6 Å². The summed E-state index contributed by atoms with van der Waals surface area (Å²) in [6.07, 6.45) is -1.67. The van der Waals surface area contributed by atoms with Crippen LogP contribution in [0, 0.1) is 17.0 Å². The first-order valence-corrected chi connectivity index (χ1v) is 21.2. The zero-order valence-electron chi connectivity index (χ0n) is 36.2. The third-order valence-corrected chi connectivity index (χ3v) is 12.2. The van der Waals surface area contributed by atoms with Crippen LogP contribution in [0.15, 0.2) is 36.4 Å². The van der Waals surface area contributed by atoms with Gasteiger partial charge in [0.2, 0.25) is 23.6 Å². The average molecular weight is 854 g/mol. The van der Waals surface area contributed by atoms with Crippen LogP contribution in [0.5, 0.6) is 0 Å². The molecule has 2 fully saturated rings. The number of halogens is 4. The van der Waals surface area contributed by atoms with Crippen LogP contribution in [0.3, 0.4) is 0 Å². The molecule has 2 aromatic carbocycles. The first-order valence-electron chi connectivity index (χ1n) is 21.2. The van der Waals surface area contributed by atoms with Gasteiger partial charge in [0.15, 0.2) is 5.82 Å². The van der Waals surface area contributed by atoms with Gasteiger partial charge in [0, 0.05) is 42.4 Å². The SMILES string of the molecule is CCC[C@H](NC(=O)[C@H](C)NC)C(=O)N1C[C@@H](F)C[C@H]1Cc1c(-c2nc3cc(F)ccc3n2C[C@@H]2C[C@H](F)CN2C(=O)[C@@H](NC(=O)[C@H](C)NC)C(C)(C)C)[nH]c2cc(F)ccc12. The molecule has 4 heterocycles. The lowest BCUT2D eigenvalue weighted by molar-refractivity contribution is -0.140. The number of hydrogen-bond donors (Lipinski definition) is 5. The zero-order chi connectivity index (χ0) is 44.5. The van der Waals surface area contributed by atoms with Gasteiger partial charge in [-0.2, -0.15) is 0 Å². The molecule has 2 aliphatic heterocycles. The summed E-state index contributed by atoms with van der Waals surface area (Å²) in [4.78, 5) is 65.7. The Morgan fingerprint density at radius 2 is 1.44 bits per heavy atom. The highest BCUT2D eigenvalue weighted by Crippen LogP contribution is 2.38. The van der Waals surface area contributed by atoms with Crippen molar-refractivity contribution in [3.63, 3.8) is 0 Å². The number of imidazole rings is 1. The number of rotatable bonds is 15. The summed E-state index contributed by atoms with van der Waals surface area (Å²) in [6.45, 7) is 10.3. The molecule has 332 valence electrons. The molecule has 0 unspecified atom stereocenters. The lowest BCUT2D eigenvalue weighted by Gasteiger charge is -2.36. The fourth-order valence-corrected chi connectivity index (χ4v) is 8.57. The van der Waals surface area contributed by atoms with Gasteiger partial charge in [-0.15, -0.1) is 0 Å². The highest BCUT2D eigenvalue weighted by atomic mass is 19.1. The number of H-pyrrole nitrogens is 1. The molecule has 17 heteroatoms. The number of carbonyl (C=O) groups excluding carboxylic acids is 4. The van der Waals surface area contributed by atoms with Crippen molar-refractivity contribution in [3.05, 3.63) is 53.6 Å². The van der Waals surface area contributed by atoms with Gasteiger partial charge in [0.25, 0.3) is 0 Å². The van der Waals surface area contributed by atoms with Gasteiger partial charge in [0.05, 0.1) is 47.9 Å². The molecule has 13 nitrogen and oxygen atoms in total. The summed E-state index contributed by atoms with van der Waals surface area (Å²) in [5.74, 6) is -2.37. The van der Waals surface area contributed by atoms with Gasteiger partial charge in [-0.25, -0.2) is 22.5 Å². The highest BCUT2D eigenvalue weighted by molar-refractivity contribution is 5.93. The number of amides is 4. The minimum atomic E-state index is -1.37. The lowest BCUT2D eigenvalue weighted by Crippen LogP contribution is -2.58. The Morgan fingerprint density at radius 1 is 0.852 bits per heavy atom. The Bertz CT molecular complexity index is 2260. The Balaban J connectivity index is 1.42. The number of aromatic nitrogens is 3. The average Bonchev–Trinajstić information content (AvgIpc) is 3.97. The van der Waals surface area contributed by atoms with Crippen LogP contribution in [-0.2, 0) is 32.1 Å². The van der Waals surface area contributed by atoms with Gasteiger partial charge < -0.3 is 40.6 Å². The maximum absolute atomic E-state index is 15.5. The third-order valence-electron chi connectivity index (χ3n) is 12.2. The molecule has 0 spiro atoms. The molecule has 61 heavy (non-hydrogen) atoms. The first kappa shape index (κ1) is 45.5. The van der Waals surface area contributed by atoms with Crippen molar-refractivity contribution in [2.24, 2.45) is 5.41 Å². The molecule has 0 bridgehead atoms. The van der Waals surface area contributed by atoms with Gasteiger partial charge in [0.1, 0.15) is 36.1 Å². The number of nitrogens with one attached hydrogen (secondary N) is 5. The summed E-state index contributed by atoms with van der Waals surface area (Å²) in [6, 6.07) is 3.92. The molecule has 8 atom stereocenters. The van der Waals surface area contributed by atoms with E-state index in [-0.39, 0.29) is 62.1 Å². The molecular weight excluding hydrogens is 795 g/mol. The molecule has 0 radical (unpaired) electrons. The number of alkyl halides is 2. The molecule has 2 saturated heterocycles. The fourth-order valence-electron chi connectivity index (χ4n) is 8.57. The quantitative estimate of drug-likeness (QED) is 0.107. The Kier molecular flexibility index (Phi) is 13.8. The number of nitrogens with zero attached hydrogens (tertiary/aromatic N) is 4. The van der Waals surface area contributed by atoms with Crippen LogP contribution in [-0.4, -0.2) is 124 Å². The molecular formula is C44H59F4N9O4. The Labute approximate surface area is 353 Å². The van der Waals surface area contributed by atoms with Gasteiger partial charge in [-0.3, -0.25) is 19.2 Å². The molecule has 5 N–H and O–H groups in total. The van der Waals surface area contributed by atoms with E-state index in [4.69, 9.17) is 4.98 Å². The normalized spacial score (nSPS) is 21.5. The predicted molar refractivity (Wildman–Crippen MR) is 226 cm³/mol. The summed E-state index contributed by atoms with van der Waals surface area (Å²) >= 11 is 0. The molecule has 4 amide bonds. The van der Waals surface area contributed by atoms with E-state index in [9.17, 15) is 28.0 Å². The second-order valence-corrected chi connectivity index (χ2v) is 17.7. The van der Waals surface area contributed by atoms with Crippen LogP contribution in [0.1, 0.15) is 72.8 Å². The third kappa shape index (κ3) is 9.72. The van der Waals surface area contributed by atoms with Crippen molar-refractivity contribution in [2.75, 3.05) is 27.2 Å². The van der Waals surface area contributed by atoms with Crippen LogP contribution in [0.25, 0.3) is 33.5 Å². The lowest BCUT2D eigenvalue weighted by atomic mass is 9.85. The molecule has 2 aliphatic rings. The number of carbonyl (C=O) groups is 4. The Hall–Kier alpha value is -5.03. The summed E-state index contributed by atoms with van der Waals surface area (Å²) in [7, 11) is 3.27. The fraction of sp³-hybridized carbons (Fsp3) is 0.568. The Morgan fingerprint density at radius 3 is 2.07 bits per heavy atom. The second kappa shape index (κ2) is 18.5. The number of benzene rings is 2. The van der Waals surface area contributed by atoms with Gasteiger partial charge in [-0.1, -0.05) is 34.1 Å². The standard InChI is InChI=1S/C44H59F4N9O4/c1-9-10-33(53-40(58)23(2)49-7)42(60)55-20-27(47)15-29(55)19-32-31-13-11-25(45)17-34(31)51-37(32)39-52-35-18-26(46)12-14-36(35)57(39)22-30-16-28(48)21-56(30)43(61)38(44(4,5)6)54-41(59)24(3)50-8/h11-14,17-18,23-24,27-30,33,38,49-51H,9-10,15-16,19-22H2,1-8H3,(H,53,58)(H,54,59)/t23-,24-,27-,28-,29-,30-,33-,38+/m0/s1. The predicted octanol–water partition coefficient (Wildman–Crippen LogP) is 4.91. The largest absolute Gasteiger partial charge is 0.352 e. The van der Waals surface area contributed by atoms with E-state index >= 15 is 8.78 Å². The zero-order valence-corrected chi connectivity index (χ0v) is 36.2. The number of hydrogen-bond acceptors (Lipinski definition) is 7. The van der Waals surface area contributed by atoms with Crippen LogP contribution in [0.4, 0.5) is 17.6 Å². The highest BCUT2D eigenvalue weighted by Gasteiger charge is 2.44. The summed E-state index contributed by atoms with van der Waals surface area (Å²) in [5.41, 5.74) is 1.43. The van der Waals surface area contributed by atoms with Gasteiger partial charge >= 0.3 is 0 Å². The topological polar surface area (TPSA) is 156 Å². The van der Waals surface area contributed by atoms with Crippen LogP contribution < -0.4 is 21.3 Å². The van der Waals surface area contributed by atoms with E-state index < -0.39 is 77.5 Å². The summed E-state index contributed by atoms with van der Waals surface area (Å²) < 4.78 is 62.5. The van der Waals surface area contributed by atoms with E-state index in [2.05, 4.69) is 26.3 Å². The van der Waals surface area contributed by atoms with E-state index in [0.29, 0.717) is 40.5 Å². The van der Waals surface area contributed by atoms with Crippen LogP contribution >= 0.6 is 0 Å². The molecule has 6 rings (SSSR count). The summed E-state index contributed by atoms with van der Waals surface area (Å²) in [5, 5.41) is 12.0. The van der Waals surface area contributed by atoms with Crippen molar-refractivity contribution >= 4 is 45.6 Å².